The molecule has 0 bridgehead atoms. The molecule has 0 radical (unpaired) electrons. The zero-order chi connectivity index (χ0) is 16.6. The van der Waals surface area contributed by atoms with Crippen molar-refractivity contribution >= 4 is 22.5 Å². The molecule has 120 valence electrons. The van der Waals surface area contributed by atoms with Crippen LogP contribution in [0.2, 0.25) is 0 Å². The summed E-state index contributed by atoms with van der Waals surface area (Å²) in [5.74, 6) is 1.87. The van der Waals surface area contributed by atoms with Gasteiger partial charge in [0.05, 0.1) is 10.3 Å². The summed E-state index contributed by atoms with van der Waals surface area (Å²) in [5.41, 5.74) is 2.43. The lowest BCUT2D eigenvalue weighted by Crippen LogP contribution is -2.08. The molecule has 4 aromatic rings. The average Bonchev–Trinajstić information content (AvgIpc) is 2.68. The first-order valence-corrected chi connectivity index (χ1v) is 9.14. The van der Waals surface area contributed by atoms with E-state index in [1.165, 1.54) is 21.9 Å². The number of aromatic nitrogens is 1. The highest BCUT2D eigenvalue weighted by molar-refractivity contribution is 7.99. The third-order valence-corrected chi connectivity index (χ3v) is 5.70. The second-order valence-electron chi connectivity index (χ2n) is 6.00. The van der Waals surface area contributed by atoms with Gasteiger partial charge >= 0.3 is 0 Å². The molecule has 3 aromatic carbocycles. The Labute approximate surface area is 150 Å². The van der Waals surface area contributed by atoms with E-state index in [4.69, 9.17) is 4.74 Å². The van der Waals surface area contributed by atoms with Gasteiger partial charge in [-0.2, -0.15) is 0 Å². The molecule has 1 aliphatic heterocycles. The van der Waals surface area contributed by atoms with Gasteiger partial charge in [0.25, 0.3) is 0 Å². The molecule has 2 nitrogen and oxygen atoms in total. The van der Waals surface area contributed by atoms with E-state index in [-0.39, 0.29) is 5.25 Å². The summed E-state index contributed by atoms with van der Waals surface area (Å²) in [6.07, 6.45) is 1.84. The predicted octanol–water partition coefficient (Wildman–Crippen LogP) is 6.22. The molecule has 0 spiro atoms. The minimum atomic E-state index is 0.154. The van der Waals surface area contributed by atoms with E-state index in [2.05, 4.69) is 59.6 Å². The number of fused-ring (bicyclic) bond motifs is 4. The van der Waals surface area contributed by atoms with Crippen molar-refractivity contribution in [3.8, 4) is 11.5 Å². The normalized spacial score (nSPS) is 15.3. The van der Waals surface area contributed by atoms with Crippen molar-refractivity contribution in [2.45, 2.75) is 10.3 Å². The van der Waals surface area contributed by atoms with Crippen LogP contribution in [0.1, 0.15) is 16.4 Å². The zero-order valence-electron chi connectivity index (χ0n) is 13.4. The van der Waals surface area contributed by atoms with Gasteiger partial charge in [-0.25, -0.2) is 4.98 Å². The fraction of sp³-hybridized carbons (Fsp3) is 0.0455. The van der Waals surface area contributed by atoms with Gasteiger partial charge in [0, 0.05) is 17.3 Å². The lowest BCUT2D eigenvalue weighted by atomic mass is 9.94. The molecule has 0 amide bonds. The van der Waals surface area contributed by atoms with Crippen LogP contribution in [0, 0.1) is 0 Å². The lowest BCUT2D eigenvalue weighted by Gasteiger charge is -2.28. The second-order valence-corrected chi connectivity index (χ2v) is 7.13. The van der Waals surface area contributed by atoms with Crippen molar-refractivity contribution in [1.82, 2.24) is 4.98 Å². The van der Waals surface area contributed by atoms with Gasteiger partial charge in [0.2, 0.25) is 0 Å². The Kier molecular flexibility index (Phi) is 3.46. The maximum Gasteiger partial charge on any atom is 0.132 e. The Bertz CT molecular complexity index is 1060. The van der Waals surface area contributed by atoms with Gasteiger partial charge in [0.1, 0.15) is 11.5 Å². The highest BCUT2D eigenvalue weighted by Crippen LogP contribution is 2.53. The number of thioether (sulfide) groups is 1. The lowest BCUT2D eigenvalue weighted by molar-refractivity contribution is 0.460. The smallest absolute Gasteiger partial charge is 0.132 e. The van der Waals surface area contributed by atoms with Crippen molar-refractivity contribution < 1.29 is 4.74 Å². The van der Waals surface area contributed by atoms with Gasteiger partial charge in [0.15, 0.2) is 0 Å². The topological polar surface area (TPSA) is 22.1 Å². The maximum atomic E-state index is 6.22. The third-order valence-electron chi connectivity index (χ3n) is 4.49. The monoisotopic (exact) mass is 341 g/mol. The Morgan fingerprint density at radius 3 is 2.52 bits per heavy atom. The van der Waals surface area contributed by atoms with Crippen LogP contribution in [-0.4, -0.2) is 4.98 Å². The summed E-state index contributed by atoms with van der Waals surface area (Å²) >= 11 is 1.77. The number of benzene rings is 3. The first kappa shape index (κ1) is 14.6. The van der Waals surface area contributed by atoms with Crippen LogP contribution in [-0.2, 0) is 0 Å². The number of rotatable bonds is 2. The standard InChI is InChI=1S/C22H15NOS/c1-2-8-16-15(7-1)12-13-19-21(16)22(25-20-11-5-6-14-23-20)17-9-3-4-10-18(17)24-19/h1-14,22H. The van der Waals surface area contributed by atoms with Gasteiger partial charge in [-0.1, -0.05) is 66.4 Å². The number of hydrogen-bond acceptors (Lipinski definition) is 3. The molecule has 0 aliphatic carbocycles. The predicted molar refractivity (Wildman–Crippen MR) is 102 cm³/mol. The molecule has 2 heterocycles. The summed E-state index contributed by atoms with van der Waals surface area (Å²) in [6.45, 7) is 0. The van der Waals surface area contributed by atoms with E-state index in [9.17, 15) is 0 Å². The second kappa shape index (κ2) is 5.94. The molecular formula is C22H15NOS. The van der Waals surface area contributed by atoms with Crippen LogP contribution in [0.4, 0.5) is 0 Å². The molecule has 25 heavy (non-hydrogen) atoms. The number of para-hydroxylation sites is 1. The Morgan fingerprint density at radius 1 is 0.760 bits per heavy atom. The van der Waals surface area contributed by atoms with E-state index in [1.807, 2.05) is 30.5 Å². The van der Waals surface area contributed by atoms with Crippen molar-refractivity contribution in [2.24, 2.45) is 0 Å². The minimum Gasteiger partial charge on any atom is -0.457 e. The van der Waals surface area contributed by atoms with Crippen molar-refractivity contribution in [2.75, 3.05) is 0 Å². The number of pyridine rings is 1. The van der Waals surface area contributed by atoms with E-state index in [0.717, 1.165) is 16.5 Å². The third kappa shape index (κ3) is 2.48. The Morgan fingerprint density at radius 2 is 1.60 bits per heavy atom. The van der Waals surface area contributed by atoms with Crippen LogP contribution in [0.3, 0.4) is 0 Å². The fourth-order valence-electron chi connectivity index (χ4n) is 3.36. The Hall–Kier alpha value is -2.78. The molecular weight excluding hydrogens is 326 g/mol. The van der Waals surface area contributed by atoms with Gasteiger partial charge < -0.3 is 4.74 Å². The van der Waals surface area contributed by atoms with Gasteiger partial charge in [-0.3, -0.25) is 0 Å². The quantitative estimate of drug-likeness (QED) is 0.432. The summed E-state index contributed by atoms with van der Waals surface area (Å²) in [7, 11) is 0. The summed E-state index contributed by atoms with van der Waals surface area (Å²) in [5, 5.41) is 3.64. The van der Waals surface area contributed by atoms with Gasteiger partial charge in [-0.05, 0) is 35.0 Å². The molecule has 3 heteroatoms. The molecule has 1 aromatic heterocycles. The van der Waals surface area contributed by atoms with Crippen LogP contribution in [0.15, 0.2) is 90.1 Å². The van der Waals surface area contributed by atoms with Crippen LogP contribution < -0.4 is 4.74 Å². The minimum absolute atomic E-state index is 0.154. The Balaban J connectivity index is 1.75. The molecule has 0 fully saturated rings. The van der Waals surface area contributed by atoms with Crippen molar-refractivity contribution in [1.29, 1.82) is 0 Å². The molecule has 0 N–H and O–H groups in total. The van der Waals surface area contributed by atoms with Crippen molar-refractivity contribution in [3.05, 3.63) is 96.2 Å². The highest BCUT2D eigenvalue weighted by Gasteiger charge is 2.30. The van der Waals surface area contributed by atoms with Crippen LogP contribution in [0.25, 0.3) is 10.8 Å². The zero-order valence-corrected chi connectivity index (χ0v) is 14.2. The van der Waals surface area contributed by atoms with Crippen molar-refractivity contribution in [3.63, 3.8) is 0 Å². The average molecular weight is 341 g/mol. The first-order chi connectivity index (χ1) is 12.4. The molecule has 1 atom stereocenters. The van der Waals surface area contributed by atoms with E-state index in [0.29, 0.717) is 0 Å². The van der Waals surface area contributed by atoms with Crippen LogP contribution in [0.5, 0.6) is 11.5 Å². The number of ether oxygens (including phenoxy) is 1. The van der Waals surface area contributed by atoms with E-state index in [1.54, 1.807) is 11.8 Å². The first-order valence-electron chi connectivity index (χ1n) is 8.26. The number of nitrogens with zero attached hydrogens (tertiary/aromatic N) is 1. The summed E-state index contributed by atoms with van der Waals surface area (Å²) < 4.78 is 6.22. The molecule has 5 rings (SSSR count). The molecule has 1 unspecified atom stereocenters. The van der Waals surface area contributed by atoms with E-state index >= 15 is 0 Å². The largest absolute Gasteiger partial charge is 0.457 e. The fourth-order valence-corrected chi connectivity index (χ4v) is 4.56. The molecule has 0 saturated heterocycles. The van der Waals surface area contributed by atoms with Gasteiger partial charge in [-0.15, -0.1) is 0 Å². The van der Waals surface area contributed by atoms with E-state index < -0.39 is 0 Å². The summed E-state index contributed by atoms with van der Waals surface area (Å²) in [6, 6.07) is 27.0. The molecule has 1 aliphatic rings. The SMILES string of the molecule is c1ccc(SC2c3ccccc3Oc3ccc4ccccc4c32)nc1. The maximum absolute atomic E-state index is 6.22. The highest BCUT2D eigenvalue weighted by atomic mass is 32.2. The molecule has 0 saturated carbocycles. The number of hydrogen-bond donors (Lipinski definition) is 0. The summed E-state index contributed by atoms with van der Waals surface area (Å²) in [4.78, 5) is 4.52. The van der Waals surface area contributed by atoms with Crippen LogP contribution >= 0.6 is 11.8 Å².